The number of alkyl halides is 3. The van der Waals surface area contributed by atoms with Crippen molar-refractivity contribution < 1.29 is 27.1 Å². The van der Waals surface area contributed by atoms with Crippen LogP contribution in [0, 0.1) is 0 Å². The summed E-state index contributed by atoms with van der Waals surface area (Å²) in [5.74, 6) is 0. The van der Waals surface area contributed by atoms with Gasteiger partial charge in [-0.15, -0.1) is 0 Å². The van der Waals surface area contributed by atoms with Gasteiger partial charge in [0.2, 0.25) is 0 Å². The number of ether oxygens (including phenoxy) is 1. The van der Waals surface area contributed by atoms with Crippen molar-refractivity contribution in [3.8, 4) is 0 Å². The van der Waals surface area contributed by atoms with Gasteiger partial charge in [-0.3, -0.25) is 9.88 Å². The molecule has 9 heteroatoms. The Labute approximate surface area is 178 Å². The maximum absolute atomic E-state index is 12.9. The zero-order chi connectivity index (χ0) is 23.1. The molecule has 0 aromatic carbocycles. The minimum absolute atomic E-state index is 0.00551. The van der Waals surface area contributed by atoms with Gasteiger partial charge in [0.15, 0.2) is 8.32 Å². The number of likely N-dealkylation sites (tertiary alicyclic amines) is 1. The maximum Gasteiger partial charge on any atom is 0.417 e. The van der Waals surface area contributed by atoms with E-state index >= 15 is 0 Å². The minimum Gasteiger partial charge on any atom is -0.444 e. The second kappa shape index (κ2) is 8.14. The summed E-state index contributed by atoms with van der Waals surface area (Å²) in [7, 11) is -2.09. The summed E-state index contributed by atoms with van der Waals surface area (Å²) >= 11 is 0. The molecule has 170 valence electrons. The number of hydrogen-bond acceptors (Lipinski definition) is 4. The SMILES string of the molecule is CC(C)(C)OC(=O)N1C[C@H](O[Si](C)(C)C(C)(C)C)C[C@@H]1c1ccc(C(F)(F)F)cn1. The Hall–Kier alpha value is -1.61. The fourth-order valence-corrected chi connectivity index (χ4v) is 4.41. The molecule has 1 aliphatic heterocycles. The van der Waals surface area contributed by atoms with Crippen molar-refractivity contribution in [2.45, 2.75) is 90.0 Å². The lowest BCUT2D eigenvalue weighted by Crippen LogP contribution is -2.45. The number of carbonyl (C=O) groups is 1. The molecule has 0 aliphatic carbocycles. The number of rotatable bonds is 3. The number of hydrogen-bond donors (Lipinski definition) is 0. The van der Waals surface area contributed by atoms with Gasteiger partial charge in [-0.25, -0.2) is 4.79 Å². The molecule has 0 unspecified atom stereocenters. The molecule has 1 saturated heterocycles. The Balaban J connectivity index is 2.30. The summed E-state index contributed by atoms with van der Waals surface area (Å²) in [6.07, 6.45) is -3.93. The van der Waals surface area contributed by atoms with Crippen LogP contribution in [0.1, 0.15) is 65.3 Å². The highest BCUT2D eigenvalue weighted by atomic mass is 28.4. The number of amides is 1. The number of carbonyl (C=O) groups excluding carboxylic acids is 1. The van der Waals surface area contributed by atoms with Crippen molar-refractivity contribution in [1.29, 1.82) is 0 Å². The van der Waals surface area contributed by atoms with Gasteiger partial charge in [-0.2, -0.15) is 13.2 Å². The van der Waals surface area contributed by atoms with Gasteiger partial charge < -0.3 is 9.16 Å². The third-order valence-corrected chi connectivity index (χ3v) is 10.1. The van der Waals surface area contributed by atoms with Crippen molar-refractivity contribution in [1.82, 2.24) is 9.88 Å². The van der Waals surface area contributed by atoms with Gasteiger partial charge in [0.05, 0.1) is 23.4 Å². The summed E-state index contributed by atoms with van der Waals surface area (Å²) in [4.78, 5) is 18.4. The van der Waals surface area contributed by atoms with Gasteiger partial charge in [0.25, 0.3) is 0 Å². The lowest BCUT2D eigenvalue weighted by Gasteiger charge is -2.38. The Kier molecular flexibility index (Phi) is 6.69. The molecule has 1 aliphatic rings. The lowest BCUT2D eigenvalue weighted by molar-refractivity contribution is -0.137. The van der Waals surface area contributed by atoms with Crippen LogP contribution in [0.5, 0.6) is 0 Å². The number of halogens is 3. The summed E-state index contributed by atoms with van der Waals surface area (Å²) in [5, 5.41) is -0.00551. The van der Waals surface area contributed by atoms with Crippen LogP contribution in [0.15, 0.2) is 18.3 Å². The van der Waals surface area contributed by atoms with E-state index in [-0.39, 0.29) is 11.1 Å². The van der Waals surface area contributed by atoms with Crippen LogP contribution in [-0.2, 0) is 15.3 Å². The van der Waals surface area contributed by atoms with Crippen LogP contribution in [0.2, 0.25) is 18.1 Å². The maximum atomic E-state index is 12.9. The molecule has 2 heterocycles. The lowest BCUT2D eigenvalue weighted by atomic mass is 10.1. The molecular formula is C21H33F3N2O3Si. The van der Waals surface area contributed by atoms with Crippen LogP contribution in [0.4, 0.5) is 18.0 Å². The predicted molar refractivity (Wildman–Crippen MR) is 112 cm³/mol. The number of aromatic nitrogens is 1. The van der Waals surface area contributed by atoms with E-state index in [0.29, 0.717) is 18.7 Å². The second-order valence-corrected chi connectivity index (χ2v) is 15.1. The second-order valence-electron chi connectivity index (χ2n) is 10.4. The van der Waals surface area contributed by atoms with Gasteiger partial charge >= 0.3 is 12.3 Å². The quantitative estimate of drug-likeness (QED) is 0.521. The van der Waals surface area contributed by atoms with Crippen molar-refractivity contribution >= 4 is 14.4 Å². The Bertz CT molecular complexity index is 753. The van der Waals surface area contributed by atoms with Crippen LogP contribution in [0.3, 0.4) is 0 Å². The van der Waals surface area contributed by atoms with E-state index in [9.17, 15) is 18.0 Å². The third-order valence-electron chi connectivity index (χ3n) is 5.61. The molecule has 2 atom stereocenters. The van der Waals surface area contributed by atoms with E-state index < -0.39 is 37.8 Å². The summed E-state index contributed by atoms with van der Waals surface area (Å²) in [5.41, 5.74) is -1.11. The predicted octanol–water partition coefficient (Wildman–Crippen LogP) is 6.17. The highest BCUT2D eigenvalue weighted by Gasteiger charge is 2.45. The smallest absolute Gasteiger partial charge is 0.417 e. The Morgan fingerprint density at radius 1 is 1.13 bits per heavy atom. The van der Waals surface area contributed by atoms with Gasteiger partial charge in [-0.05, 0) is 51.0 Å². The largest absolute Gasteiger partial charge is 0.444 e. The van der Waals surface area contributed by atoms with Crippen molar-refractivity contribution in [3.63, 3.8) is 0 Å². The number of pyridine rings is 1. The zero-order valence-corrected chi connectivity index (χ0v) is 20.1. The first-order valence-corrected chi connectivity index (χ1v) is 13.0. The topological polar surface area (TPSA) is 51.7 Å². The molecule has 0 spiro atoms. The zero-order valence-electron chi connectivity index (χ0n) is 19.1. The molecule has 5 nitrogen and oxygen atoms in total. The molecule has 1 aromatic heterocycles. The number of nitrogens with zero attached hydrogens (tertiary/aromatic N) is 2. The fourth-order valence-electron chi connectivity index (χ4n) is 3.05. The van der Waals surface area contributed by atoms with Gasteiger partial charge in [0, 0.05) is 19.2 Å². The monoisotopic (exact) mass is 446 g/mol. The first kappa shape index (κ1) is 24.7. The van der Waals surface area contributed by atoms with E-state index in [1.54, 1.807) is 20.8 Å². The van der Waals surface area contributed by atoms with E-state index in [0.717, 1.165) is 12.3 Å². The molecule has 1 fully saturated rings. The Morgan fingerprint density at radius 2 is 1.73 bits per heavy atom. The first-order valence-electron chi connectivity index (χ1n) is 10.1. The summed E-state index contributed by atoms with van der Waals surface area (Å²) in [6.45, 7) is 16.3. The highest BCUT2D eigenvalue weighted by molar-refractivity contribution is 6.74. The van der Waals surface area contributed by atoms with Crippen molar-refractivity contribution in [2.75, 3.05) is 6.54 Å². The summed E-state index contributed by atoms with van der Waals surface area (Å²) in [6, 6.07) is 1.83. The van der Waals surface area contributed by atoms with E-state index in [1.165, 1.54) is 11.0 Å². The molecule has 2 rings (SSSR count). The molecule has 0 saturated carbocycles. The fraction of sp³-hybridized carbons (Fsp3) is 0.714. The average Bonchev–Trinajstić information content (AvgIpc) is 2.95. The molecule has 30 heavy (non-hydrogen) atoms. The van der Waals surface area contributed by atoms with Crippen LogP contribution in [-0.4, -0.2) is 42.5 Å². The molecule has 0 N–H and O–H groups in total. The minimum atomic E-state index is -4.46. The van der Waals surface area contributed by atoms with E-state index in [4.69, 9.17) is 9.16 Å². The molecule has 0 bridgehead atoms. The van der Waals surface area contributed by atoms with Gasteiger partial charge in [-0.1, -0.05) is 20.8 Å². The van der Waals surface area contributed by atoms with Gasteiger partial charge in [0.1, 0.15) is 5.60 Å². The van der Waals surface area contributed by atoms with E-state index in [1.807, 2.05) is 0 Å². The standard InChI is InChI=1S/C21H33F3N2O3Si/c1-19(2,3)28-18(27)26-13-15(29-30(7,8)20(4,5)6)11-17(26)16-10-9-14(12-25-16)21(22,23)24/h9-10,12,15,17H,11,13H2,1-8H3/t15-,17-/m1/s1. The van der Waals surface area contributed by atoms with Crippen LogP contribution >= 0.6 is 0 Å². The van der Waals surface area contributed by atoms with Crippen LogP contribution in [0.25, 0.3) is 0 Å². The summed E-state index contributed by atoms with van der Waals surface area (Å²) < 4.78 is 50.7. The molecule has 1 amide bonds. The Morgan fingerprint density at radius 3 is 2.17 bits per heavy atom. The van der Waals surface area contributed by atoms with Crippen molar-refractivity contribution in [3.05, 3.63) is 29.6 Å². The van der Waals surface area contributed by atoms with Crippen molar-refractivity contribution in [2.24, 2.45) is 0 Å². The highest BCUT2D eigenvalue weighted by Crippen LogP contribution is 2.41. The molecular weight excluding hydrogens is 413 g/mol. The average molecular weight is 447 g/mol. The first-order chi connectivity index (χ1) is 13.4. The molecule has 1 aromatic rings. The normalized spacial score (nSPS) is 21.1. The molecule has 0 radical (unpaired) electrons. The third kappa shape index (κ3) is 5.97. The van der Waals surface area contributed by atoms with E-state index in [2.05, 4.69) is 38.8 Å². The van der Waals surface area contributed by atoms with Crippen LogP contribution < -0.4 is 0 Å².